The number of anilines is 1. The molecule has 2 bridgehead atoms. The Morgan fingerprint density at radius 3 is 2.53 bits per heavy atom. The van der Waals surface area contributed by atoms with Gasteiger partial charge in [0.1, 0.15) is 35.0 Å². The number of amides is 1. The predicted molar refractivity (Wildman–Crippen MR) is 215 cm³/mol. The summed E-state index contributed by atoms with van der Waals surface area (Å²) >= 11 is 0. The van der Waals surface area contributed by atoms with Gasteiger partial charge in [-0.2, -0.15) is 9.97 Å². The number of carboxylic acid groups (broad SMARTS) is 1. The molecule has 4 aromatic rings. The summed E-state index contributed by atoms with van der Waals surface area (Å²) in [6, 6.07) is 9.77. The molecule has 3 aliphatic rings. The lowest BCUT2D eigenvalue weighted by atomic mass is 9.95. The zero-order valence-electron chi connectivity index (χ0n) is 33.8. The van der Waals surface area contributed by atoms with Gasteiger partial charge in [-0.25, -0.2) is 9.18 Å². The number of fused-ring (bicyclic) bond motifs is 4. The zero-order valence-corrected chi connectivity index (χ0v) is 33.8. The number of carbonyl (C=O) groups is 2. The van der Waals surface area contributed by atoms with Gasteiger partial charge in [-0.15, -0.1) is 0 Å². The number of piperazine rings is 1. The number of halogens is 1. The second-order valence-electron chi connectivity index (χ2n) is 16.4. The van der Waals surface area contributed by atoms with Crippen LogP contribution in [0.1, 0.15) is 84.6 Å². The maximum absolute atomic E-state index is 17.4. The summed E-state index contributed by atoms with van der Waals surface area (Å²) < 4.78 is 40.6. The van der Waals surface area contributed by atoms with Gasteiger partial charge in [-0.05, 0) is 107 Å². The van der Waals surface area contributed by atoms with Crippen molar-refractivity contribution in [1.82, 2.24) is 24.8 Å². The molecular weight excluding hydrogens is 732 g/mol. The third-order valence-electron chi connectivity index (χ3n) is 11.3. The zero-order chi connectivity index (χ0) is 40.3. The second-order valence-corrected chi connectivity index (χ2v) is 16.4. The highest BCUT2D eigenvalue weighted by molar-refractivity contribution is 6.01. The predicted octanol–water partition coefficient (Wildman–Crippen LogP) is 7.61. The highest BCUT2D eigenvalue weighted by Gasteiger charge is 2.45. The van der Waals surface area contributed by atoms with Crippen LogP contribution in [0.15, 0.2) is 36.5 Å². The molecule has 7 rings (SSSR count). The molecule has 3 fully saturated rings. The molecule has 0 unspecified atom stereocenters. The topological polar surface area (TPSA) is 140 Å². The Balaban J connectivity index is 1.25. The number of hydrogen-bond donors (Lipinski definition) is 1. The molecule has 1 N–H and O–H groups in total. The summed E-state index contributed by atoms with van der Waals surface area (Å²) in [6.07, 6.45) is 8.30. The Hall–Kier alpha value is -4.82. The average molecular weight is 787 g/mol. The van der Waals surface area contributed by atoms with E-state index in [-0.39, 0.29) is 54.7 Å². The van der Waals surface area contributed by atoms with Gasteiger partial charge in [0.15, 0.2) is 12.6 Å². The van der Waals surface area contributed by atoms with Crippen LogP contribution in [0, 0.1) is 5.82 Å². The van der Waals surface area contributed by atoms with E-state index in [9.17, 15) is 9.59 Å². The summed E-state index contributed by atoms with van der Waals surface area (Å²) in [4.78, 5) is 45.1. The van der Waals surface area contributed by atoms with E-state index in [4.69, 9.17) is 39.0 Å². The molecule has 57 heavy (non-hydrogen) atoms. The summed E-state index contributed by atoms with van der Waals surface area (Å²) in [7, 11) is 1.55. The number of aryl methyl sites for hydroxylation is 1. The van der Waals surface area contributed by atoms with E-state index in [0.29, 0.717) is 48.6 Å². The first-order valence-electron chi connectivity index (χ1n) is 20.3. The van der Waals surface area contributed by atoms with E-state index in [2.05, 4.69) is 16.7 Å². The fourth-order valence-electron chi connectivity index (χ4n) is 8.69. The molecule has 2 aromatic carbocycles. The standard InChI is InChI=1S/C43H55FN6O7/c1-6-27-12-10-13-28-20-32(56-26-54-5)21-33(36(27)28)38-37(44)39-34(22-45-38)40(49-23-29-16-17-30(24-49)50(29)42(53)57-43(2,3)4)47-41(46-39)55-25-31-14-11-19-48(31)18-9-7-8-15-35(51)52/h10,12-13,20-22,29-31H,6-9,11,14-19,23-26H2,1-5H3,(H,51,52)/t29-,30+,31-/m0/s1. The minimum atomic E-state index is -0.766. The van der Waals surface area contributed by atoms with Crippen molar-refractivity contribution in [3.8, 4) is 23.0 Å². The lowest BCUT2D eigenvalue weighted by molar-refractivity contribution is -0.137. The van der Waals surface area contributed by atoms with Crippen LogP contribution in [0.4, 0.5) is 15.0 Å². The number of aliphatic carboxylic acids is 1. The quantitative estimate of drug-likeness (QED) is 0.0938. The minimum Gasteiger partial charge on any atom is -0.481 e. The van der Waals surface area contributed by atoms with Gasteiger partial charge in [-0.3, -0.25) is 19.6 Å². The summed E-state index contributed by atoms with van der Waals surface area (Å²) in [5, 5.41) is 11.3. The monoisotopic (exact) mass is 786 g/mol. The number of hydrogen-bond acceptors (Lipinski definition) is 11. The summed E-state index contributed by atoms with van der Waals surface area (Å²) in [5.74, 6) is -0.302. The molecule has 13 nitrogen and oxygen atoms in total. The Labute approximate surface area is 333 Å². The fraction of sp³-hybridized carbons (Fsp3) is 0.558. The normalized spacial score (nSPS) is 19.8. The molecular formula is C43H55FN6O7. The Kier molecular flexibility index (Phi) is 12.3. The number of aromatic nitrogens is 3. The molecule has 1 amide bonds. The molecule has 14 heteroatoms. The molecule has 306 valence electrons. The number of unbranched alkanes of at least 4 members (excludes halogenated alkanes) is 2. The van der Waals surface area contributed by atoms with Crippen LogP contribution in [-0.4, -0.2) is 112 Å². The molecule has 0 radical (unpaired) electrons. The number of pyridine rings is 1. The minimum absolute atomic E-state index is 0.0374. The Bertz CT molecular complexity index is 2080. The van der Waals surface area contributed by atoms with Gasteiger partial charge in [0.05, 0.1) is 17.5 Å². The van der Waals surface area contributed by atoms with Crippen LogP contribution < -0.4 is 14.4 Å². The van der Waals surface area contributed by atoms with Crippen molar-refractivity contribution in [1.29, 1.82) is 0 Å². The third kappa shape index (κ3) is 9.02. The van der Waals surface area contributed by atoms with E-state index >= 15 is 4.39 Å². The fourth-order valence-corrected chi connectivity index (χ4v) is 8.69. The molecule has 2 aromatic heterocycles. The van der Waals surface area contributed by atoms with Gasteiger partial charge in [0.2, 0.25) is 0 Å². The first-order valence-corrected chi connectivity index (χ1v) is 20.3. The smallest absolute Gasteiger partial charge is 0.410 e. The van der Waals surface area contributed by atoms with Crippen molar-refractivity contribution in [3.05, 3.63) is 47.9 Å². The summed E-state index contributed by atoms with van der Waals surface area (Å²) in [6.45, 7) is 10.8. The van der Waals surface area contributed by atoms with Gasteiger partial charge in [0, 0.05) is 44.4 Å². The molecule has 3 aliphatic heterocycles. The maximum atomic E-state index is 17.4. The van der Waals surface area contributed by atoms with Crippen LogP contribution in [0.2, 0.25) is 0 Å². The number of methoxy groups -OCH3 is 1. The van der Waals surface area contributed by atoms with E-state index in [1.165, 1.54) is 0 Å². The van der Waals surface area contributed by atoms with E-state index in [1.807, 2.05) is 49.9 Å². The largest absolute Gasteiger partial charge is 0.481 e. The second kappa shape index (κ2) is 17.4. The van der Waals surface area contributed by atoms with Crippen molar-refractivity contribution in [2.24, 2.45) is 0 Å². The van der Waals surface area contributed by atoms with E-state index in [1.54, 1.807) is 19.4 Å². The molecule has 3 atom stereocenters. The highest BCUT2D eigenvalue weighted by atomic mass is 19.1. The number of carboxylic acids is 1. The Morgan fingerprint density at radius 1 is 1.02 bits per heavy atom. The highest BCUT2D eigenvalue weighted by Crippen LogP contribution is 2.40. The van der Waals surface area contributed by atoms with Crippen LogP contribution in [0.3, 0.4) is 0 Å². The number of ether oxygens (including phenoxy) is 4. The van der Waals surface area contributed by atoms with Gasteiger partial charge < -0.3 is 29.0 Å². The van der Waals surface area contributed by atoms with Crippen LogP contribution in [0.5, 0.6) is 11.8 Å². The lowest BCUT2D eigenvalue weighted by Gasteiger charge is -2.42. The van der Waals surface area contributed by atoms with Crippen LogP contribution >= 0.6 is 0 Å². The van der Waals surface area contributed by atoms with Crippen molar-refractivity contribution in [2.45, 2.75) is 109 Å². The molecule has 5 heterocycles. The first kappa shape index (κ1) is 40.4. The molecule has 0 aliphatic carbocycles. The molecule has 0 spiro atoms. The maximum Gasteiger partial charge on any atom is 0.410 e. The van der Waals surface area contributed by atoms with Crippen molar-refractivity contribution in [3.63, 3.8) is 0 Å². The van der Waals surface area contributed by atoms with Crippen molar-refractivity contribution < 1.29 is 38.0 Å². The number of likely N-dealkylation sites (tertiary alicyclic amines) is 1. The average Bonchev–Trinajstić information content (AvgIpc) is 3.74. The summed E-state index contributed by atoms with van der Waals surface area (Å²) in [5.41, 5.74) is 1.28. The van der Waals surface area contributed by atoms with E-state index < -0.39 is 17.4 Å². The van der Waals surface area contributed by atoms with Crippen LogP contribution in [0.25, 0.3) is 32.9 Å². The first-order chi connectivity index (χ1) is 27.4. The number of nitrogens with zero attached hydrogens (tertiary/aromatic N) is 6. The third-order valence-corrected chi connectivity index (χ3v) is 11.3. The SMILES string of the molecule is CCc1cccc2cc(OCOC)cc(-c3ncc4c(N5C[C@H]6CC[C@@H](C5)N6C(=O)OC(C)(C)C)nc(OC[C@@H]5CCCN5CCCCCC(=O)O)nc4c3F)c12. The van der Waals surface area contributed by atoms with Gasteiger partial charge in [0.25, 0.3) is 0 Å². The van der Waals surface area contributed by atoms with Gasteiger partial charge >= 0.3 is 18.1 Å². The molecule has 3 saturated heterocycles. The number of rotatable bonds is 15. The van der Waals surface area contributed by atoms with Crippen molar-refractivity contribution in [2.75, 3.05) is 51.6 Å². The Morgan fingerprint density at radius 2 is 1.81 bits per heavy atom. The molecule has 0 saturated carbocycles. The van der Waals surface area contributed by atoms with Gasteiger partial charge in [-0.1, -0.05) is 31.5 Å². The van der Waals surface area contributed by atoms with Crippen molar-refractivity contribution >= 4 is 39.6 Å². The van der Waals surface area contributed by atoms with E-state index in [0.717, 1.165) is 74.4 Å². The lowest BCUT2D eigenvalue weighted by Crippen LogP contribution is -2.57. The number of carbonyl (C=O) groups excluding carboxylic acids is 1. The van der Waals surface area contributed by atoms with Crippen LogP contribution in [-0.2, 0) is 20.7 Å². The number of benzene rings is 2.